The van der Waals surface area contributed by atoms with Gasteiger partial charge in [0, 0.05) is 31.7 Å². The Bertz CT molecular complexity index is 542. The van der Waals surface area contributed by atoms with Gasteiger partial charge in [-0.2, -0.15) is 0 Å². The van der Waals surface area contributed by atoms with Gasteiger partial charge < -0.3 is 10.1 Å². The number of carbonyl (C=O) groups excluding carboxylic acids is 1. The van der Waals surface area contributed by atoms with E-state index in [0.29, 0.717) is 26.0 Å². The molecule has 0 unspecified atom stereocenters. The zero-order chi connectivity index (χ0) is 14.2. The smallest absolute Gasteiger partial charge is 0.220 e. The molecule has 0 fully saturated rings. The summed E-state index contributed by atoms with van der Waals surface area (Å²) in [7, 11) is 1.61. The first-order valence-electron chi connectivity index (χ1n) is 6.41. The Labute approximate surface area is 122 Å². The maximum atomic E-state index is 11.6. The van der Waals surface area contributed by atoms with Crippen LogP contribution in [0.2, 0.25) is 0 Å². The van der Waals surface area contributed by atoms with Crippen LogP contribution in [0.15, 0.2) is 29.8 Å². The summed E-state index contributed by atoms with van der Waals surface area (Å²) in [6, 6.07) is 5.75. The summed E-state index contributed by atoms with van der Waals surface area (Å²) in [4.78, 5) is 20.3. The van der Waals surface area contributed by atoms with E-state index in [-0.39, 0.29) is 5.91 Å². The minimum Gasteiger partial charge on any atom is -0.383 e. The van der Waals surface area contributed by atoms with Gasteiger partial charge >= 0.3 is 0 Å². The standard InChI is InChI=1S/C14H17N3O2S/c1-19-9-8-16-13(18)6-5-11-10-20-14(17-11)12-4-2-3-7-15-12/h2-4,7,10H,5-6,8-9H2,1H3,(H,16,18). The zero-order valence-corrected chi connectivity index (χ0v) is 12.2. The van der Waals surface area contributed by atoms with E-state index in [0.717, 1.165) is 16.4 Å². The highest BCUT2D eigenvalue weighted by Gasteiger charge is 2.07. The molecule has 0 aliphatic rings. The average Bonchev–Trinajstić information content (AvgIpc) is 2.95. The number of thiazole rings is 1. The number of amides is 1. The van der Waals surface area contributed by atoms with Gasteiger partial charge in [-0.05, 0) is 18.6 Å². The molecule has 2 rings (SSSR count). The lowest BCUT2D eigenvalue weighted by Gasteiger charge is -2.02. The van der Waals surface area contributed by atoms with Crippen molar-refractivity contribution in [2.24, 2.45) is 0 Å². The lowest BCUT2D eigenvalue weighted by atomic mass is 10.2. The Morgan fingerprint density at radius 2 is 2.35 bits per heavy atom. The van der Waals surface area contributed by atoms with E-state index in [2.05, 4.69) is 15.3 Å². The van der Waals surface area contributed by atoms with Crippen LogP contribution in [-0.2, 0) is 16.0 Å². The van der Waals surface area contributed by atoms with Gasteiger partial charge in [0.2, 0.25) is 5.91 Å². The monoisotopic (exact) mass is 291 g/mol. The van der Waals surface area contributed by atoms with Gasteiger partial charge in [0.15, 0.2) is 0 Å². The normalized spacial score (nSPS) is 10.4. The molecular weight excluding hydrogens is 274 g/mol. The first kappa shape index (κ1) is 14.6. The number of carbonyl (C=O) groups is 1. The third-order valence-electron chi connectivity index (χ3n) is 2.67. The van der Waals surface area contributed by atoms with Gasteiger partial charge in [-0.25, -0.2) is 4.98 Å². The summed E-state index contributed by atoms with van der Waals surface area (Å²) in [6.45, 7) is 1.08. The summed E-state index contributed by atoms with van der Waals surface area (Å²) in [5, 5.41) is 5.66. The minimum absolute atomic E-state index is 0.0226. The molecule has 0 aliphatic carbocycles. The third kappa shape index (κ3) is 4.40. The molecule has 1 N–H and O–H groups in total. The van der Waals surface area contributed by atoms with Crippen molar-refractivity contribution in [1.29, 1.82) is 0 Å². The fourth-order valence-corrected chi connectivity index (χ4v) is 2.48. The molecule has 5 nitrogen and oxygen atoms in total. The molecule has 20 heavy (non-hydrogen) atoms. The largest absolute Gasteiger partial charge is 0.383 e. The molecule has 0 spiro atoms. The van der Waals surface area contributed by atoms with Crippen molar-refractivity contribution in [2.75, 3.05) is 20.3 Å². The summed E-state index contributed by atoms with van der Waals surface area (Å²) >= 11 is 1.55. The second kappa shape index (κ2) is 7.72. The molecule has 0 atom stereocenters. The summed E-state index contributed by atoms with van der Waals surface area (Å²) in [5.74, 6) is 0.0226. The van der Waals surface area contributed by atoms with Crippen LogP contribution in [0.5, 0.6) is 0 Å². The fraction of sp³-hybridized carbons (Fsp3) is 0.357. The maximum Gasteiger partial charge on any atom is 0.220 e. The number of nitrogens with zero attached hydrogens (tertiary/aromatic N) is 2. The summed E-state index contributed by atoms with van der Waals surface area (Å²) < 4.78 is 4.87. The second-order valence-corrected chi connectivity index (χ2v) is 5.06. The molecule has 106 valence electrons. The number of pyridine rings is 1. The molecule has 0 radical (unpaired) electrons. The van der Waals surface area contributed by atoms with E-state index in [9.17, 15) is 4.79 Å². The average molecular weight is 291 g/mol. The minimum atomic E-state index is 0.0226. The van der Waals surface area contributed by atoms with Gasteiger partial charge in [0.05, 0.1) is 18.0 Å². The Balaban J connectivity index is 1.83. The topological polar surface area (TPSA) is 64.1 Å². The SMILES string of the molecule is COCCNC(=O)CCc1csc(-c2ccccn2)n1. The van der Waals surface area contributed by atoms with Crippen LogP contribution < -0.4 is 5.32 Å². The molecule has 0 aromatic carbocycles. The van der Waals surface area contributed by atoms with Crippen molar-refractivity contribution in [3.05, 3.63) is 35.5 Å². The molecule has 2 aromatic heterocycles. The van der Waals surface area contributed by atoms with Crippen LogP contribution in [0.4, 0.5) is 0 Å². The van der Waals surface area contributed by atoms with Crippen molar-refractivity contribution in [3.63, 3.8) is 0 Å². The molecule has 2 heterocycles. The van der Waals surface area contributed by atoms with Crippen molar-refractivity contribution < 1.29 is 9.53 Å². The highest BCUT2D eigenvalue weighted by Crippen LogP contribution is 2.21. The van der Waals surface area contributed by atoms with Gasteiger partial charge in [0.25, 0.3) is 0 Å². The van der Waals surface area contributed by atoms with Crippen molar-refractivity contribution in [3.8, 4) is 10.7 Å². The van der Waals surface area contributed by atoms with Gasteiger partial charge in [-0.3, -0.25) is 9.78 Å². The van der Waals surface area contributed by atoms with Gasteiger partial charge in [-0.1, -0.05) is 6.07 Å². The van der Waals surface area contributed by atoms with Crippen LogP contribution in [0, 0.1) is 0 Å². The Morgan fingerprint density at radius 1 is 1.45 bits per heavy atom. The van der Waals surface area contributed by atoms with E-state index in [1.165, 1.54) is 0 Å². The first-order chi connectivity index (χ1) is 9.79. The first-order valence-corrected chi connectivity index (χ1v) is 7.29. The predicted octanol–water partition coefficient (Wildman–Crippen LogP) is 1.90. The number of aromatic nitrogens is 2. The molecule has 6 heteroatoms. The van der Waals surface area contributed by atoms with E-state index in [1.54, 1.807) is 24.6 Å². The zero-order valence-electron chi connectivity index (χ0n) is 11.3. The molecular formula is C14H17N3O2S. The van der Waals surface area contributed by atoms with Gasteiger partial charge in [-0.15, -0.1) is 11.3 Å². The van der Waals surface area contributed by atoms with Crippen LogP contribution in [0.25, 0.3) is 10.7 Å². The highest BCUT2D eigenvalue weighted by atomic mass is 32.1. The van der Waals surface area contributed by atoms with E-state index in [4.69, 9.17) is 4.74 Å². The van der Waals surface area contributed by atoms with E-state index < -0.39 is 0 Å². The van der Waals surface area contributed by atoms with Crippen LogP contribution in [0.1, 0.15) is 12.1 Å². The number of methoxy groups -OCH3 is 1. The molecule has 0 bridgehead atoms. The number of ether oxygens (including phenoxy) is 1. The predicted molar refractivity (Wildman–Crippen MR) is 78.6 cm³/mol. The molecule has 0 saturated heterocycles. The molecule has 2 aromatic rings. The number of hydrogen-bond acceptors (Lipinski definition) is 5. The Hall–Kier alpha value is -1.79. The van der Waals surface area contributed by atoms with Crippen molar-refractivity contribution >= 4 is 17.2 Å². The Morgan fingerprint density at radius 3 is 3.10 bits per heavy atom. The van der Waals surface area contributed by atoms with Crippen molar-refractivity contribution in [1.82, 2.24) is 15.3 Å². The lowest BCUT2D eigenvalue weighted by Crippen LogP contribution is -2.27. The number of nitrogens with one attached hydrogen (secondary N) is 1. The number of aryl methyl sites for hydroxylation is 1. The number of rotatable bonds is 7. The summed E-state index contributed by atoms with van der Waals surface area (Å²) in [6.07, 6.45) is 2.83. The summed E-state index contributed by atoms with van der Waals surface area (Å²) in [5.41, 5.74) is 1.80. The fourth-order valence-electron chi connectivity index (χ4n) is 1.65. The molecule has 0 saturated carbocycles. The molecule has 0 aliphatic heterocycles. The Kier molecular flexibility index (Phi) is 5.64. The van der Waals surface area contributed by atoms with E-state index in [1.807, 2.05) is 23.6 Å². The second-order valence-electron chi connectivity index (χ2n) is 4.20. The third-order valence-corrected chi connectivity index (χ3v) is 3.59. The van der Waals surface area contributed by atoms with Crippen molar-refractivity contribution in [2.45, 2.75) is 12.8 Å². The maximum absolute atomic E-state index is 11.6. The highest BCUT2D eigenvalue weighted by molar-refractivity contribution is 7.13. The lowest BCUT2D eigenvalue weighted by molar-refractivity contribution is -0.121. The van der Waals surface area contributed by atoms with Crippen LogP contribution in [0.3, 0.4) is 0 Å². The quantitative estimate of drug-likeness (QED) is 0.791. The van der Waals surface area contributed by atoms with Crippen LogP contribution in [-0.4, -0.2) is 36.1 Å². The molecule has 1 amide bonds. The van der Waals surface area contributed by atoms with Crippen LogP contribution >= 0.6 is 11.3 Å². The number of hydrogen-bond donors (Lipinski definition) is 1. The van der Waals surface area contributed by atoms with Gasteiger partial charge in [0.1, 0.15) is 5.01 Å². The van der Waals surface area contributed by atoms with E-state index >= 15 is 0 Å².